The normalized spacial score (nSPS) is 10.6. The minimum absolute atomic E-state index is 0.235. The highest BCUT2D eigenvalue weighted by Gasteiger charge is 2.10. The molecule has 0 bridgehead atoms. The average Bonchev–Trinajstić information content (AvgIpc) is 2.65. The molecule has 0 saturated heterocycles. The standard InChI is InChI=1S/C19H14BrClFN3O2/c20-13-3-6-16(21)15(9-13)19(27)23-7-8-25-11-24-17(10-18(25)26)12-1-4-14(22)5-2-12/h1-6,9-11H,7-8H2,(H,23,27). The molecule has 0 aliphatic carbocycles. The second-order valence-electron chi connectivity index (χ2n) is 5.69. The lowest BCUT2D eigenvalue weighted by molar-refractivity contribution is 0.0952. The first-order valence-electron chi connectivity index (χ1n) is 8.00. The van der Waals surface area contributed by atoms with Gasteiger partial charge in [-0.25, -0.2) is 9.37 Å². The van der Waals surface area contributed by atoms with Crippen LogP contribution in [-0.4, -0.2) is 22.0 Å². The summed E-state index contributed by atoms with van der Waals surface area (Å²) >= 11 is 9.32. The van der Waals surface area contributed by atoms with Crippen LogP contribution < -0.4 is 10.9 Å². The second kappa shape index (κ2) is 8.45. The van der Waals surface area contributed by atoms with Gasteiger partial charge in [-0.1, -0.05) is 27.5 Å². The molecule has 0 saturated carbocycles. The lowest BCUT2D eigenvalue weighted by Crippen LogP contribution is -2.31. The van der Waals surface area contributed by atoms with Gasteiger partial charge in [0, 0.05) is 29.2 Å². The number of hydrogen-bond acceptors (Lipinski definition) is 3. The van der Waals surface area contributed by atoms with E-state index in [0.717, 1.165) is 4.47 Å². The van der Waals surface area contributed by atoms with Crippen LogP contribution in [0.15, 0.2) is 64.1 Å². The number of benzene rings is 2. The van der Waals surface area contributed by atoms with E-state index in [9.17, 15) is 14.0 Å². The molecule has 0 radical (unpaired) electrons. The number of carbonyl (C=O) groups is 1. The summed E-state index contributed by atoms with van der Waals surface area (Å²) in [7, 11) is 0. The summed E-state index contributed by atoms with van der Waals surface area (Å²) in [5.41, 5.74) is 1.20. The van der Waals surface area contributed by atoms with Gasteiger partial charge >= 0.3 is 0 Å². The molecule has 138 valence electrons. The summed E-state index contributed by atoms with van der Waals surface area (Å²) < 4.78 is 15.1. The molecule has 1 aromatic heterocycles. The number of aromatic nitrogens is 2. The number of halogens is 3. The highest BCUT2D eigenvalue weighted by molar-refractivity contribution is 9.10. The minimum atomic E-state index is -0.353. The van der Waals surface area contributed by atoms with E-state index in [4.69, 9.17) is 11.6 Å². The Balaban J connectivity index is 1.64. The number of nitrogens with zero attached hydrogens (tertiary/aromatic N) is 2. The van der Waals surface area contributed by atoms with Crippen molar-refractivity contribution in [1.82, 2.24) is 14.9 Å². The van der Waals surface area contributed by atoms with Crippen molar-refractivity contribution >= 4 is 33.4 Å². The fourth-order valence-electron chi connectivity index (χ4n) is 2.43. The van der Waals surface area contributed by atoms with Crippen LogP contribution in [0.2, 0.25) is 5.02 Å². The number of amides is 1. The van der Waals surface area contributed by atoms with Crippen molar-refractivity contribution in [2.45, 2.75) is 6.54 Å². The first kappa shape index (κ1) is 19.3. The summed E-state index contributed by atoms with van der Waals surface area (Å²) in [4.78, 5) is 28.7. The molecule has 5 nitrogen and oxygen atoms in total. The van der Waals surface area contributed by atoms with Crippen molar-refractivity contribution in [3.05, 3.63) is 86.1 Å². The number of hydrogen-bond donors (Lipinski definition) is 1. The van der Waals surface area contributed by atoms with Crippen LogP contribution in [0.25, 0.3) is 11.3 Å². The molecule has 0 spiro atoms. The summed E-state index contributed by atoms with van der Waals surface area (Å²) in [6.07, 6.45) is 1.40. The Kier molecular flexibility index (Phi) is 6.03. The molecule has 2 aromatic carbocycles. The summed E-state index contributed by atoms with van der Waals surface area (Å²) in [6.45, 7) is 0.492. The Labute approximate surface area is 167 Å². The van der Waals surface area contributed by atoms with E-state index in [0.29, 0.717) is 21.8 Å². The lowest BCUT2D eigenvalue weighted by Gasteiger charge is -2.09. The monoisotopic (exact) mass is 449 g/mol. The van der Waals surface area contributed by atoms with Gasteiger partial charge in [0.25, 0.3) is 11.5 Å². The molecule has 1 N–H and O–H groups in total. The Morgan fingerprint density at radius 2 is 1.93 bits per heavy atom. The fourth-order valence-corrected chi connectivity index (χ4v) is 2.99. The topological polar surface area (TPSA) is 64.0 Å². The molecule has 8 heteroatoms. The van der Waals surface area contributed by atoms with Gasteiger partial charge in [0.05, 0.1) is 22.6 Å². The van der Waals surface area contributed by atoms with Crippen molar-refractivity contribution in [2.75, 3.05) is 6.54 Å². The highest BCUT2D eigenvalue weighted by Crippen LogP contribution is 2.20. The Morgan fingerprint density at radius 3 is 2.63 bits per heavy atom. The third-order valence-corrected chi connectivity index (χ3v) is 4.65. The van der Waals surface area contributed by atoms with Gasteiger partial charge < -0.3 is 5.32 Å². The predicted octanol–water partition coefficient (Wildman–Crippen LogP) is 3.90. The number of nitrogens with one attached hydrogen (secondary N) is 1. The van der Waals surface area contributed by atoms with Gasteiger partial charge in [-0.05, 0) is 42.5 Å². The van der Waals surface area contributed by atoms with Crippen molar-refractivity contribution in [2.24, 2.45) is 0 Å². The predicted molar refractivity (Wildman–Crippen MR) is 105 cm³/mol. The van der Waals surface area contributed by atoms with Gasteiger partial charge in [0.15, 0.2) is 0 Å². The third-order valence-electron chi connectivity index (χ3n) is 3.83. The Bertz CT molecular complexity index is 1040. The van der Waals surface area contributed by atoms with Crippen molar-refractivity contribution < 1.29 is 9.18 Å². The summed E-state index contributed by atoms with van der Waals surface area (Å²) in [5.74, 6) is -0.682. The van der Waals surface area contributed by atoms with E-state index in [1.165, 1.54) is 29.1 Å². The second-order valence-corrected chi connectivity index (χ2v) is 7.02. The lowest BCUT2D eigenvalue weighted by atomic mass is 10.1. The average molecular weight is 451 g/mol. The molecule has 3 aromatic rings. The fraction of sp³-hybridized carbons (Fsp3) is 0.105. The first-order valence-corrected chi connectivity index (χ1v) is 9.17. The zero-order valence-electron chi connectivity index (χ0n) is 14.0. The van der Waals surface area contributed by atoms with Gasteiger partial charge in [-0.2, -0.15) is 0 Å². The quantitative estimate of drug-likeness (QED) is 0.641. The molecule has 0 aliphatic rings. The van der Waals surface area contributed by atoms with Crippen LogP contribution >= 0.6 is 27.5 Å². The summed E-state index contributed by atoms with van der Waals surface area (Å²) in [6, 6.07) is 12.1. The molecule has 0 atom stereocenters. The number of carbonyl (C=O) groups excluding carboxylic acids is 1. The van der Waals surface area contributed by atoms with Crippen LogP contribution in [0.3, 0.4) is 0 Å². The maximum Gasteiger partial charge on any atom is 0.253 e. The molecular weight excluding hydrogens is 437 g/mol. The first-order chi connectivity index (χ1) is 12.9. The maximum absolute atomic E-state index is 13.0. The van der Waals surface area contributed by atoms with E-state index >= 15 is 0 Å². The number of rotatable bonds is 5. The van der Waals surface area contributed by atoms with E-state index in [2.05, 4.69) is 26.2 Å². The zero-order valence-corrected chi connectivity index (χ0v) is 16.3. The van der Waals surface area contributed by atoms with Crippen molar-refractivity contribution in [1.29, 1.82) is 0 Å². The van der Waals surface area contributed by atoms with E-state index < -0.39 is 0 Å². The molecule has 27 heavy (non-hydrogen) atoms. The minimum Gasteiger partial charge on any atom is -0.350 e. The van der Waals surface area contributed by atoms with Crippen LogP contribution in [0, 0.1) is 5.82 Å². The molecule has 0 aliphatic heterocycles. The Hall–Kier alpha value is -2.51. The van der Waals surface area contributed by atoms with E-state index in [1.54, 1.807) is 30.3 Å². The van der Waals surface area contributed by atoms with E-state index in [1.807, 2.05) is 0 Å². The van der Waals surface area contributed by atoms with Gasteiger partial charge in [0.1, 0.15) is 5.82 Å². The SMILES string of the molecule is O=C(NCCn1cnc(-c2ccc(F)cc2)cc1=O)c1cc(Br)ccc1Cl. The van der Waals surface area contributed by atoms with Gasteiger partial charge in [-0.15, -0.1) is 0 Å². The zero-order chi connectivity index (χ0) is 19.4. The molecule has 1 heterocycles. The summed E-state index contributed by atoms with van der Waals surface area (Å²) in [5, 5.41) is 3.07. The molecule has 0 fully saturated rings. The molecule has 3 rings (SSSR count). The highest BCUT2D eigenvalue weighted by atomic mass is 79.9. The van der Waals surface area contributed by atoms with Gasteiger partial charge in [-0.3, -0.25) is 14.2 Å². The molecule has 1 amide bonds. The van der Waals surface area contributed by atoms with Gasteiger partial charge in [0.2, 0.25) is 0 Å². The van der Waals surface area contributed by atoms with Crippen LogP contribution in [-0.2, 0) is 6.54 Å². The van der Waals surface area contributed by atoms with Crippen LogP contribution in [0.4, 0.5) is 4.39 Å². The molecular formula is C19H14BrClFN3O2. The van der Waals surface area contributed by atoms with Crippen LogP contribution in [0.1, 0.15) is 10.4 Å². The Morgan fingerprint density at radius 1 is 1.19 bits per heavy atom. The maximum atomic E-state index is 13.0. The van der Waals surface area contributed by atoms with E-state index in [-0.39, 0.29) is 30.4 Å². The van der Waals surface area contributed by atoms with Crippen molar-refractivity contribution in [3.8, 4) is 11.3 Å². The van der Waals surface area contributed by atoms with Crippen LogP contribution in [0.5, 0.6) is 0 Å². The largest absolute Gasteiger partial charge is 0.350 e. The molecule has 0 unspecified atom stereocenters. The smallest absolute Gasteiger partial charge is 0.253 e. The van der Waals surface area contributed by atoms with Crippen molar-refractivity contribution in [3.63, 3.8) is 0 Å². The third kappa shape index (κ3) is 4.81.